The minimum absolute atomic E-state index is 0.422. The highest BCUT2D eigenvalue weighted by Crippen LogP contribution is 2.14. The molecular weight excluding hydrogens is 232 g/mol. The third-order valence-corrected chi connectivity index (χ3v) is 3.49. The van der Waals surface area contributed by atoms with Crippen LogP contribution in [0.4, 0.5) is 0 Å². The molecule has 102 valence electrons. The number of benzene rings is 1. The Morgan fingerprint density at radius 2 is 1.89 bits per heavy atom. The molecule has 0 saturated heterocycles. The summed E-state index contributed by atoms with van der Waals surface area (Å²) in [6.07, 6.45) is 4.44. The number of hydrogen-bond acceptors (Lipinski definition) is 1. The molecule has 1 heterocycles. The lowest BCUT2D eigenvalue weighted by Gasteiger charge is -2.17. The van der Waals surface area contributed by atoms with Gasteiger partial charge in [0.1, 0.15) is 0 Å². The Labute approximate surface area is 116 Å². The van der Waals surface area contributed by atoms with Gasteiger partial charge in [-0.1, -0.05) is 37.3 Å². The second-order valence-corrected chi connectivity index (χ2v) is 5.04. The van der Waals surface area contributed by atoms with E-state index < -0.39 is 0 Å². The largest absolute Gasteiger partial charge is 0.350 e. The van der Waals surface area contributed by atoms with Crippen molar-refractivity contribution < 1.29 is 0 Å². The highest BCUT2D eigenvalue weighted by molar-refractivity contribution is 5.16. The number of hydrogen-bond donors (Lipinski definition) is 1. The summed E-state index contributed by atoms with van der Waals surface area (Å²) in [6.45, 7) is 6.56. The first-order valence-corrected chi connectivity index (χ1v) is 7.23. The lowest BCUT2D eigenvalue weighted by Crippen LogP contribution is -2.22. The molecule has 1 unspecified atom stereocenters. The molecular formula is C17H24N2. The SMILES string of the molecule is CCCNC(C)c1cccn1CCc1ccccc1. The summed E-state index contributed by atoms with van der Waals surface area (Å²) in [7, 11) is 0. The summed E-state index contributed by atoms with van der Waals surface area (Å²) in [5.74, 6) is 0. The molecule has 0 aliphatic rings. The lowest BCUT2D eigenvalue weighted by molar-refractivity contribution is 0.524. The first-order chi connectivity index (χ1) is 9.31. The second-order valence-electron chi connectivity index (χ2n) is 5.04. The molecule has 2 rings (SSSR count). The fraction of sp³-hybridized carbons (Fsp3) is 0.412. The Hall–Kier alpha value is -1.54. The number of aromatic nitrogens is 1. The standard InChI is InChI=1S/C17H24N2/c1-3-12-18-15(2)17-10-7-13-19(17)14-11-16-8-5-4-6-9-16/h4-10,13,15,18H,3,11-12,14H2,1-2H3. The number of nitrogens with one attached hydrogen (secondary N) is 1. The van der Waals surface area contributed by atoms with Gasteiger partial charge < -0.3 is 9.88 Å². The monoisotopic (exact) mass is 256 g/mol. The van der Waals surface area contributed by atoms with E-state index in [9.17, 15) is 0 Å². The molecule has 0 aliphatic carbocycles. The van der Waals surface area contributed by atoms with Gasteiger partial charge in [-0.05, 0) is 44.0 Å². The van der Waals surface area contributed by atoms with Gasteiger partial charge in [0.2, 0.25) is 0 Å². The van der Waals surface area contributed by atoms with Crippen molar-refractivity contribution in [3.05, 3.63) is 59.9 Å². The van der Waals surface area contributed by atoms with Crippen LogP contribution in [0.2, 0.25) is 0 Å². The number of aryl methyl sites for hydroxylation is 2. The summed E-state index contributed by atoms with van der Waals surface area (Å²) >= 11 is 0. The molecule has 0 fully saturated rings. The Balaban J connectivity index is 1.96. The molecule has 0 amide bonds. The summed E-state index contributed by atoms with van der Waals surface area (Å²) < 4.78 is 2.36. The van der Waals surface area contributed by atoms with Crippen molar-refractivity contribution in [2.24, 2.45) is 0 Å². The Morgan fingerprint density at radius 1 is 1.11 bits per heavy atom. The van der Waals surface area contributed by atoms with Crippen molar-refractivity contribution in [1.82, 2.24) is 9.88 Å². The zero-order chi connectivity index (χ0) is 13.5. The van der Waals surface area contributed by atoms with E-state index in [1.165, 1.54) is 17.7 Å². The van der Waals surface area contributed by atoms with Crippen molar-refractivity contribution in [2.75, 3.05) is 6.54 Å². The fourth-order valence-corrected chi connectivity index (χ4v) is 2.38. The van der Waals surface area contributed by atoms with E-state index in [4.69, 9.17) is 0 Å². The molecule has 0 saturated carbocycles. The maximum atomic E-state index is 3.55. The van der Waals surface area contributed by atoms with Crippen molar-refractivity contribution in [3.63, 3.8) is 0 Å². The number of nitrogens with zero attached hydrogens (tertiary/aromatic N) is 1. The predicted octanol–water partition coefficient (Wildman–Crippen LogP) is 3.79. The van der Waals surface area contributed by atoms with Crippen molar-refractivity contribution in [2.45, 2.75) is 39.3 Å². The molecule has 2 aromatic rings. The van der Waals surface area contributed by atoms with E-state index in [0.29, 0.717) is 6.04 Å². The Morgan fingerprint density at radius 3 is 2.63 bits per heavy atom. The topological polar surface area (TPSA) is 17.0 Å². The van der Waals surface area contributed by atoms with Crippen LogP contribution in [0.5, 0.6) is 0 Å². The summed E-state index contributed by atoms with van der Waals surface area (Å²) in [6, 6.07) is 15.5. The Bertz CT molecular complexity index is 473. The van der Waals surface area contributed by atoms with Crippen LogP contribution in [0.25, 0.3) is 0 Å². The average molecular weight is 256 g/mol. The van der Waals surface area contributed by atoms with Crippen LogP contribution >= 0.6 is 0 Å². The van der Waals surface area contributed by atoms with Crippen molar-refractivity contribution >= 4 is 0 Å². The fourth-order valence-electron chi connectivity index (χ4n) is 2.38. The van der Waals surface area contributed by atoms with Crippen molar-refractivity contribution in [1.29, 1.82) is 0 Å². The molecule has 19 heavy (non-hydrogen) atoms. The van der Waals surface area contributed by atoms with Crippen molar-refractivity contribution in [3.8, 4) is 0 Å². The highest BCUT2D eigenvalue weighted by atomic mass is 15.0. The lowest BCUT2D eigenvalue weighted by atomic mass is 10.1. The van der Waals surface area contributed by atoms with E-state index in [-0.39, 0.29) is 0 Å². The molecule has 2 nitrogen and oxygen atoms in total. The van der Waals surface area contributed by atoms with Gasteiger partial charge in [0.05, 0.1) is 0 Å². The van der Waals surface area contributed by atoms with Crippen LogP contribution in [-0.2, 0) is 13.0 Å². The van der Waals surface area contributed by atoms with Crippen LogP contribution in [0.3, 0.4) is 0 Å². The van der Waals surface area contributed by atoms with E-state index in [2.05, 4.69) is 72.4 Å². The highest BCUT2D eigenvalue weighted by Gasteiger charge is 2.08. The van der Waals surface area contributed by atoms with Crippen LogP contribution in [-0.4, -0.2) is 11.1 Å². The zero-order valence-corrected chi connectivity index (χ0v) is 12.0. The summed E-state index contributed by atoms with van der Waals surface area (Å²) in [4.78, 5) is 0. The van der Waals surface area contributed by atoms with E-state index in [0.717, 1.165) is 19.5 Å². The molecule has 0 aliphatic heterocycles. The van der Waals surface area contributed by atoms with Gasteiger partial charge >= 0.3 is 0 Å². The maximum absolute atomic E-state index is 3.55. The third kappa shape index (κ3) is 3.97. The van der Waals surface area contributed by atoms with Crippen LogP contribution < -0.4 is 5.32 Å². The first-order valence-electron chi connectivity index (χ1n) is 7.23. The summed E-state index contributed by atoms with van der Waals surface area (Å²) in [5.41, 5.74) is 2.78. The van der Waals surface area contributed by atoms with Gasteiger partial charge in [-0.2, -0.15) is 0 Å². The zero-order valence-electron chi connectivity index (χ0n) is 12.0. The van der Waals surface area contributed by atoms with E-state index >= 15 is 0 Å². The summed E-state index contributed by atoms with van der Waals surface area (Å²) in [5, 5.41) is 3.55. The van der Waals surface area contributed by atoms with Gasteiger partial charge in [-0.3, -0.25) is 0 Å². The van der Waals surface area contributed by atoms with E-state index in [1.807, 2.05) is 0 Å². The molecule has 1 aromatic heterocycles. The van der Waals surface area contributed by atoms with Gasteiger partial charge in [-0.15, -0.1) is 0 Å². The minimum Gasteiger partial charge on any atom is -0.350 e. The normalized spacial score (nSPS) is 12.5. The van der Waals surface area contributed by atoms with E-state index in [1.54, 1.807) is 0 Å². The first kappa shape index (κ1) is 13.9. The second kappa shape index (κ2) is 7.15. The smallest absolute Gasteiger partial charge is 0.0446 e. The molecule has 1 N–H and O–H groups in total. The molecule has 0 spiro atoms. The van der Waals surface area contributed by atoms with Gasteiger partial charge in [0.15, 0.2) is 0 Å². The third-order valence-electron chi connectivity index (χ3n) is 3.49. The molecule has 1 aromatic carbocycles. The molecule has 0 bridgehead atoms. The van der Waals surface area contributed by atoms with Crippen LogP contribution in [0.15, 0.2) is 48.7 Å². The van der Waals surface area contributed by atoms with Gasteiger partial charge in [0, 0.05) is 24.5 Å². The predicted molar refractivity (Wildman–Crippen MR) is 81.3 cm³/mol. The molecule has 2 heteroatoms. The van der Waals surface area contributed by atoms with Crippen LogP contribution in [0, 0.1) is 0 Å². The molecule has 0 radical (unpaired) electrons. The minimum atomic E-state index is 0.422. The molecule has 1 atom stereocenters. The average Bonchev–Trinajstić information content (AvgIpc) is 2.92. The van der Waals surface area contributed by atoms with Gasteiger partial charge in [-0.25, -0.2) is 0 Å². The van der Waals surface area contributed by atoms with Gasteiger partial charge in [0.25, 0.3) is 0 Å². The maximum Gasteiger partial charge on any atom is 0.0446 e. The Kier molecular flexibility index (Phi) is 5.22. The number of rotatable bonds is 7. The quantitative estimate of drug-likeness (QED) is 0.797. The van der Waals surface area contributed by atoms with Crippen LogP contribution in [0.1, 0.15) is 37.6 Å².